The maximum atomic E-state index is 9.53. The maximum absolute atomic E-state index is 9.53. The summed E-state index contributed by atoms with van der Waals surface area (Å²) >= 11 is 1.74. The molecule has 5 nitrogen and oxygen atoms in total. The molecular weight excluding hydrogens is 506 g/mol. The van der Waals surface area contributed by atoms with Gasteiger partial charge in [-0.15, -0.1) is 11.8 Å². The summed E-state index contributed by atoms with van der Waals surface area (Å²) in [6, 6.07) is 32.7. The van der Waals surface area contributed by atoms with Crippen LogP contribution in [0.25, 0.3) is 11.1 Å². The average molecular weight is 542 g/mol. The van der Waals surface area contributed by atoms with Gasteiger partial charge >= 0.3 is 0 Å². The van der Waals surface area contributed by atoms with Gasteiger partial charge in [0.1, 0.15) is 5.75 Å². The standard InChI is InChI=1S/C33H35NO4S/c1-22-30(21-39-31-12-4-3-11-29(31)36-2)37-33(38-32(22)25-15-13-23(20-35)14-16-25)28-10-6-9-27(18-28)26-8-5-7-24(17-26)19-34/h3-18,22,30,32-33,35H,19-21,34H2,1-2H3/t22-,30+,32+,33+/m0/s1. The lowest BCUT2D eigenvalue weighted by Gasteiger charge is -2.41. The number of nitrogens with two attached hydrogens (primary N) is 1. The SMILES string of the molecule is COc1ccccc1SC[C@H]1O[C@@H](c2cccc(-c3cccc(CN)c3)c2)O[C@@H](c2ccc(CO)cc2)[C@H]1C. The van der Waals surface area contributed by atoms with Crippen LogP contribution in [0.4, 0.5) is 0 Å². The molecule has 0 bridgehead atoms. The van der Waals surface area contributed by atoms with Crippen molar-refractivity contribution in [1.82, 2.24) is 0 Å². The van der Waals surface area contributed by atoms with Crippen LogP contribution >= 0.6 is 11.8 Å². The Bertz CT molecular complexity index is 1380. The smallest absolute Gasteiger partial charge is 0.184 e. The molecule has 0 spiro atoms. The first kappa shape index (κ1) is 27.4. The second-order valence-electron chi connectivity index (χ2n) is 9.81. The minimum atomic E-state index is -0.523. The van der Waals surface area contributed by atoms with Crippen molar-refractivity contribution < 1.29 is 19.3 Å². The van der Waals surface area contributed by atoms with Crippen LogP contribution in [0.3, 0.4) is 0 Å². The van der Waals surface area contributed by atoms with Crippen molar-refractivity contribution in [3.05, 3.63) is 119 Å². The number of rotatable bonds is 9. The molecule has 202 valence electrons. The van der Waals surface area contributed by atoms with Crippen molar-refractivity contribution in [3.8, 4) is 16.9 Å². The summed E-state index contributed by atoms with van der Waals surface area (Å²) in [7, 11) is 1.70. The quantitative estimate of drug-likeness (QED) is 0.225. The number of thioether (sulfide) groups is 1. The molecule has 1 fully saturated rings. The Morgan fingerprint density at radius 2 is 1.56 bits per heavy atom. The molecule has 1 aliphatic rings. The van der Waals surface area contributed by atoms with Gasteiger partial charge in [0.2, 0.25) is 0 Å². The van der Waals surface area contributed by atoms with Gasteiger partial charge in [0.05, 0.1) is 25.9 Å². The van der Waals surface area contributed by atoms with Gasteiger partial charge in [-0.1, -0.05) is 79.7 Å². The molecule has 0 saturated carbocycles. The van der Waals surface area contributed by atoms with Crippen LogP contribution in [-0.2, 0) is 22.6 Å². The highest BCUT2D eigenvalue weighted by Crippen LogP contribution is 2.44. The zero-order chi connectivity index (χ0) is 27.2. The summed E-state index contributed by atoms with van der Waals surface area (Å²) in [6.07, 6.45) is -0.751. The monoisotopic (exact) mass is 541 g/mol. The minimum Gasteiger partial charge on any atom is -0.496 e. The van der Waals surface area contributed by atoms with E-state index in [1.807, 2.05) is 60.7 Å². The summed E-state index contributed by atoms with van der Waals surface area (Å²) in [5.74, 6) is 1.72. The van der Waals surface area contributed by atoms with E-state index in [1.54, 1.807) is 18.9 Å². The first-order valence-electron chi connectivity index (χ1n) is 13.3. The molecule has 39 heavy (non-hydrogen) atoms. The third kappa shape index (κ3) is 6.38. The van der Waals surface area contributed by atoms with Crippen LogP contribution in [0, 0.1) is 5.92 Å². The lowest BCUT2D eigenvalue weighted by Crippen LogP contribution is -2.38. The molecule has 5 rings (SSSR count). The lowest BCUT2D eigenvalue weighted by atomic mass is 9.91. The van der Waals surface area contributed by atoms with Gasteiger partial charge in [-0.2, -0.15) is 0 Å². The Balaban J connectivity index is 1.44. The molecule has 0 aromatic heterocycles. The first-order valence-corrected chi connectivity index (χ1v) is 14.2. The Hall–Kier alpha value is -3.13. The van der Waals surface area contributed by atoms with Gasteiger partial charge < -0.3 is 25.1 Å². The molecular formula is C33H35NO4S. The number of para-hydroxylation sites is 1. The fourth-order valence-electron chi connectivity index (χ4n) is 4.96. The van der Waals surface area contributed by atoms with E-state index in [0.29, 0.717) is 6.54 Å². The third-order valence-corrected chi connectivity index (χ3v) is 8.39. The van der Waals surface area contributed by atoms with Crippen LogP contribution in [0.5, 0.6) is 5.75 Å². The molecule has 0 aliphatic carbocycles. The molecule has 0 radical (unpaired) electrons. The Labute approximate surface area is 234 Å². The first-order chi connectivity index (χ1) is 19.1. The summed E-state index contributed by atoms with van der Waals surface area (Å²) in [5.41, 5.74) is 12.1. The number of aliphatic hydroxyl groups excluding tert-OH is 1. The molecule has 1 saturated heterocycles. The number of hydrogen-bond donors (Lipinski definition) is 2. The van der Waals surface area contributed by atoms with E-state index < -0.39 is 6.29 Å². The van der Waals surface area contributed by atoms with E-state index >= 15 is 0 Å². The van der Waals surface area contributed by atoms with Crippen molar-refractivity contribution in [2.45, 2.75) is 43.5 Å². The fourth-order valence-corrected chi connectivity index (χ4v) is 6.16. The largest absolute Gasteiger partial charge is 0.496 e. The zero-order valence-electron chi connectivity index (χ0n) is 22.3. The van der Waals surface area contributed by atoms with E-state index in [-0.39, 0.29) is 24.7 Å². The van der Waals surface area contributed by atoms with Crippen LogP contribution in [0.15, 0.2) is 102 Å². The number of aliphatic hydroxyl groups is 1. The molecule has 0 amide bonds. The van der Waals surface area contributed by atoms with Gasteiger partial charge in [-0.05, 0) is 52.1 Å². The molecule has 6 heteroatoms. The van der Waals surface area contributed by atoms with E-state index in [4.69, 9.17) is 19.9 Å². The van der Waals surface area contributed by atoms with Crippen molar-refractivity contribution in [1.29, 1.82) is 0 Å². The predicted octanol–water partition coefficient (Wildman–Crippen LogP) is 6.90. The Morgan fingerprint density at radius 3 is 2.31 bits per heavy atom. The second kappa shape index (κ2) is 12.8. The van der Waals surface area contributed by atoms with Gasteiger partial charge in [0, 0.05) is 28.7 Å². The number of hydrogen-bond acceptors (Lipinski definition) is 6. The van der Waals surface area contributed by atoms with Crippen molar-refractivity contribution in [2.24, 2.45) is 11.7 Å². The van der Waals surface area contributed by atoms with Gasteiger partial charge in [-0.25, -0.2) is 0 Å². The molecule has 1 heterocycles. The van der Waals surface area contributed by atoms with Crippen molar-refractivity contribution in [2.75, 3.05) is 12.9 Å². The summed E-state index contributed by atoms with van der Waals surface area (Å²) < 4.78 is 18.9. The molecule has 4 atom stereocenters. The topological polar surface area (TPSA) is 73.9 Å². The van der Waals surface area contributed by atoms with Crippen LogP contribution in [0.2, 0.25) is 0 Å². The average Bonchev–Trinajstić information content (AvgIpc) is 3.01. The molecule has 4 aromatic carbocycles. The second-order valence-corrected chi connectivity index (χ2v) is 10.9. The maximum Gasteiger partial charge on any atom is 0.184 e. The fraction of sp³-hybridized carbons (Fsp3) is 0.273. The highest BCUT2D eigenvalue weighted by Gasteiger charge is 2.38. The van der Waals surface area contributed by atoms with Gasteiger partial charge in [0.25, 0.3) is 0 Å². The van der Waals surface area contributed by atoms with E-state index in [1.165, 1.54) is 0 Å². The summed E-state index contributed by atoms with van der Waals surface area (Å²) in [5, 5.41) is 9.53. The van der Waals surface area contributed by atoms with Crippen LogP contribution in [0.1, 0.15) is 41.6 Å². The highest BCUT2D eigenvalue weighted by molar-refractivity contribution is 7.99. The van der Waals surface area contributed by atoms with Gasteiger partial charge in [0.15, 0.2) is 6.29 Å². The lowest BCUT2D eigenvalue weighted by molar-refractivity contribution is -0.268. The van der Waals surface area contributed by atoms with Crippen LogP contribution in [-0.4, -0.2) is 24.1 Å². The Kier molecular flexibility index (Phi) is 9.02. The van der Waals surface area contributed by atoms with E-state index in [0.717, 1.165) is 49.8 Å². The van der Waals surface area contributed by atoms with E-state index in [2.05, 4.69) is 43.3 Å². The normalized spacial score (nSPS) is 21.0. The summed E-state index contributed by atoms with van der Waals surface area (Å²) in [4.78, 5) is 1.09. The highest BCUT2D eigenvalue weighted by atomic mass is 32.2. The van der Waals surface area contributed by atoms with Crippen LogP contribution < -0.4 is 10.5 Å². The van der Waals surface area contributed by atoms with Gasteiger partial charge in [-0.3, -0.25) is 0 Å². The van der Waals surface area contributed by atoms with Crippen molar-refractivity contribution in [3.63, 3.8) is 0 Å². The predicted molar refractivity (Wildman–Crippen MR) is 156 cm³/mol. The zero-order valence-corrected chi connectivity index (χ0v) is 23.1. The number of ether oxygens (including phenoxy) is 3. The molecule has 4 aromatic rings. The van der Waals surface area contributed by atoms with E-state index in [9.17, 15) is 5.11 Å². The Morgan fingerprint density at radius 1 is 0.821 bits per heavy atom. The molecule has 0 unspecified atom stereocenters. The third-order valence-electron chi connectivity index (χ3n) is 7.25. The molecule has 3 N–H and O–H groups in total. The van der Waals surface area contributed by atoms with Crippen molar-refractivity contribution >= 4 is 11.8 Å². The number of benzene rings is 4. The molecule has 1 aliphatic heterocycles. The summed E-state index contributed by atoms with van der Waals surface area (Å²) in [6.45, 7) is 2.70. The number of methoxy groups -OCH3 is 1. The minimum absolute atomic E-state index is 0.0173.